The molecule has 2 aliphatic rings. The summed E-state index contributed by atoms with van der Waals surface area (Å²) in [5.41, 5.74) is 0.922. The topological polar surface area (TPSA) is 75.5 Å². The normalized spacial score (nSPS) is 24.7. The standard InChI is InChI=1S/C15H19N3O3/c1-10-12(3-2-4-14(10)18(20)21)15(19)17-8-6-13-11(9-17)5-7-16-13/h2-4,11,13,16H,5-9H2,1H3. The van der Waals surface area contributed by atoms with Crippen LogP contribution in [0.2, 0.25) is 0 Å². The van der Waals surface area contributed by atoms with Crippen molar-refractivity contribution in [2.75, 3.05) is 19.6 Å². The van der Waals surface area contributed by atoms with Crippen LogP contribution in [0.1, 0.15) is 28.8 Å². The number of piperidine rings is 1. The summed E-state index contributed by atoms with van der Waals surface area (Å²) in [5.74, 6) is 0.434. The number of nitrogens with one attached hydrogen (secondary N) is 1. The van der Waals surface area contributed by atoms with E-state index in [0.717, 1.165) is 32.5 Å². The Labute approximate surface area is 123 Å². The Morgan fingerprint density at radius 2 is 2.24 bits per heavy atom. The van der Waals surface area contributed by atoms with E-state index < -0.39 is 4.92 Å². The molecule has 1 amide bonds. The molecule has 2 atom stereocenters. The molecule has 0 bridgehead atoms. The van der Waals surface area contributed by atoms with Crippen LogP contribution in [-0.2, 0) is 0 Å². The summed E-state index contributed by atoms with van der Waals surface area (Å²) >= 11 is 0. The Hall–Kier alpha value is -1.95. The number of carbonyl (C=O) groups is 1. The van der Waals surface area contributed by atoms with Crippen LogP contribution in [-0.4, -0.2) is 41.4 Å². The average molecular weight is 289 g/mol. The van der Waals surface area contributed by atoms with Crippen LogP contribution < -0.4 is 5.32 Å². The third kappa shape index (κ3) is 2.51. The summed E-state index contributed by atoms with van der Waals surface area (Å²) in [6, 6.07) is 5.24. The van der Waals surface area contributed by atoms with Crippen molar-refractivity contribution in [3.63, 3.8) is 0 Å². The molecule has 1 aromatic rings. The number of rotatable bonds is 2. The Morgan fingerprint density at radius 3 is 3.00 bits per heavy atom. The maximum atomic E-state index is 12.7. The van der Waals surface area contributed by atoms with Gasteiger partial charge in [-0.3, -0.25) is 14.9 Å². The fraction of sp³-hybridized carbons (Fsp3) is 0.533. The summed E-state index contributed by atoms with van der Waals surface area (Å²) in [4.78, 5) is 25.1. The van der Waals surface area contributed by atoms with Crippen molar-refractivity contribution in [2.24, 2.45) is 5.92 Å². The van der Waals surface area contributed by atoms with Gasteiger partial charge in [-0.1, -0.05) is 6.07 Å². The zero-order valence-electron chi connectivity index (χ0n) is 12.0. The lowest BCUT2D eigenvalue weighted by atomic mass is 9.92. The molecule has 0 saturated carbocycles. The molecule has 0 spiro atoms. The third-order valence-electron chi connectivity index (χ3n) is 4.68. The van der Waals surface area contributed by atoms with Gasteiger partial charge in [-0.25, -0.2) is 0 Å². The van der Waals surface area contributed by atoms with Gasteiger partial charge in [0.05, 0.1) is 4.92 Å². The zero-order valence-corrected chi connectivity index (χ0v) is 12.0. The smallest absolute Gasteiger partial charge is 0.273 e. The molecule has 2 aliphatic heterocycles. The number of nitrogens with zero attached hydrogens (tertiary/aromatic N) is 2. The molecule has 1 aromatic carbocycles. The van der Waals surface area contributed by atoms with E-state index in [1.807, 2.05) is 4.90 Å². The Balaban J connectivity index is 1.82. The predicted octanol–water partition coefficient (Wildman–Crippen LogP) is 1.73. The first kappa shape index (κ1) is 14.0. The Bertz CT molecular complexity index is 588. The first-order valence-corrected chi connectivity index (χ1v) is 7.34. The maximum Gasteiger partial charge on any atom is 0.273 e. The molecule has 0 radical (unpaired) electrons. The number of benzene rings is 1. The molecular formula is C15H19N3O3. The van der Waals surface area contributed by atoms with Crippen molar-refractivity contribution in [3.8, 4) is 0 Å². The molecule has 21 heavy (non-hydrogen) atoms. The Morgan fingerprint density at radius 1 is 1.43 bits per heavy atom. The summed E-state index contributed by atoms with van der Waals surface area (Å²) < 4.78 is 0. The van der Waals surface area contributed by atoms with Gasteiger partial charge in [0.25, 0.3) is 11.6 Å². The fourth-order valence-electron chi connectivity index (χ4n) is 3.46. The van der Waals surface area contributed by atoms with E-state index in [0.29, 0.717) is 23.1 Å². The maximum absolute atomic E-state index is 12.7. The molecule has 112 valence electrons. The Kier molecular flexibility index (Phi) is 3.63. The van der Waals surface area contributed by atoms with Crippen LogP contribution in [0.25, 0.3) is 0 Å². The lowest BCUT2D eigenvalue weighted by Crippen LogP contribution is -2.47. The number of amides is 1. The highest BCUT2D eigenvalue weighted by Gasteiger charge is 2.35. The van der Waals surface area contributed by atoms with E-state index in [2.05, 4.69) is 5.32 Å². The number of fused-ring (bicyclic) bond motifs is 1. The third-order valence-corrected chi connectivity index (χ3v) is 4.68. The molecular weight excluding hydrogens is 270 g/mol. The van der Waals surface area contributed by atoms with E-state index >= 15 is 0 Å². The quantitative estimate of drug-likeness (QED) is 0.664. The van der Waals surface area contributed by atoms with E-state index in [-0.39, 0.29) is 11.6 Å². The zero-order chi connectivity index (χ0) is 15.0. The number of nitro benzene ring substituents is 1. The van der Waals surface area contributed by atoms with Gasteiger partial charge in [-0.05, 0) is 38.3 Å². The lowest BCUT2D eigenvalue weighted by Gasteiger charge is -2.35. The molecule has 0 aliphatic carbocycles. The van der Waals surface area contributed by atoms with Crippen LogP contribution in [0.15, 0.2) is 18.2 Å². The highest BCUT2D eigenvalue weighted by molar-refractivity contribution is 5.96. The summed E-state index contributed by atoms with van der Waals surface area (Å²) in [5, 5.41) is 14.5. The second kappa shape index (κ2) is 5.44. The molecule has 2 unspecified atom stereocenters. The van der Waals surface area contributed by atoms with Gasteiger partial charge in [-0.15, -0.1) is 0 Å². The number of likely N-dealkylation sites (tertiary alicyclic amines) is 1. The lowest BCUT2D eigenvalue weighted by molar-refractivity contribution is -0.385. The van der Waals surface area contributed by atoms with E-state index in [4.69, 9.17) is 0 Å². The van der Waals surface area contributed by atoms with Gasteiger partial charge >= 0.3 is 0 Å². The van der Waals surface area contributed by atoms with Crippen molar-refractivity contribution in [3.05, 3.63) is 39.4 Å². The average Bonchev–Trinajstić information content (AvgIpc) is 2.93. The monoisotopic (exact) mass is 289 g/mol. The van der Waals surface area contributed by atoms with E-state index in [1.165, 1.54) is 6.07 Å². The summed E-state index contributed by atoms with van der Waals surface area (Å²) in [6.07, 6.45) is 2.06. The molecule has 2 heterocycles. The molecule has 6 nitrogen and oxygen atoms in total. The van der Waals surface area contributed by atoms with Gasteiger partial charge in [0.1, 0.15) is 0 Å². The second-order valence-corrected chi connectivity index (χ2v) is 5.86. The predicted molar refractivity (Wildman–Crippen MR) is 78.3 cm³/mol. The first-order valence-electron chi connectivity index (χ1n) is 7.34. The largest absolute Gasteiger partial charge is 0.338 e. The minimum absolute atomic E-state index is 0.0123. The molecule has 2 saturated heterocycles. The highest BCUT2D eigenvalue weighted by Crippen LogP contribution is 2.27. The van der Waals surface area contributed by atoms with Crippen molar-refractivity contribution < 1.29 is 9.72 Å². The van der Waals surface area contributed by atoms with Gasteiger partial charge in [0, 0.05) is 36.3 Å². The van der Waals surface area contributed by atoms with Gasteiger partial charge in [0.15, 0.2) is 0 Å². The number of carbonyl (C=O) groups excluding carboxylic acids is 1. The summed E-state index contributed by atoms with van der Waals surface area (Å²) in [7, 11) is 0. The van der Waals surface area contributed by atoms with Crippen LogP contribution in [0.5, 0.6) is 0 Å². The first-order chi connectivity index (χ1) is 10.1. The van der Waals surface area contributed by atoms with Crippen molar-refractivity contribution >= 4 is 11.6 Å². The fourth-order valence-corrected chi connectivity index (χ4v) is 3.46. The van der Waals surface area contributed by atoms with Gasteiger partial charge in [0.2, 0.25) is 0 Å². The highest BCUT2D eigenvalue weighted by atomic mass is 16.6. The van der Waals surface area contributed by atoms with Crippen LogP contribution in [0.4, 0.5) is 5.69 Å². The van der Waals surface area contributed by atoms with Crippen molar-refractivity contribution in [1.82, 2.24) is 10.2 Å². The van der Waals surface area contributed by atoms with Gasteiger partial charge < -0.3 is 10.2 Å². The summed E-state index contributed by atoms with van der Waals surface area (Å²) in [6.45, 7) is 4.14. The number of hydrogen-bond acceptors (Lipinski definition) is 4. The minimum atomic E-state index is -0.431. The molecule has 1 N–H and O–H groups in total. The van der Waals surface area contributed by atoms with E-state index in [1.54, 1.807) is 19.1 Å². The van der Waals surface area contributed by atoms with E-state index in [9.17, 15) is 14.9 Å². The second-order valence-electron chi connectivity index (χ2n) is 5.86. The number of nitro groups is 1. The van der Waals surface area contributed by atoms with Crippen molar-refractivity contribution in [1.29, 1.82) is 0 Å². The van der Waals surface area contributed by atoms with Crippen LogP contribution in [0, 0.1) is 23.0 Å². The molecule has 3 rings (SSSR count). The molecule has 0 aromatic heterocycles. The minimum Gasteiger partial charge on any atom is -0.338 e. The SMILES string of the molecule is Cc1c(C(=O)N2CCC3NCCC3C2)cccc1[N+](=O)[O-]. The van der Waals surface area contributed by atoms with Crippen LogP contribution >= 0.6 is 0 Å². The number of hydrogen-bond donors (Lipinski definition) is 1. The molecule has 2 fully saturated rings. The van der Waals surface area contributed by atoms with Crippen LogP contribution in [0.3, 0.4) is 0 Å². The van der Waals surface area contributed by atoms with Crippen molar-refractivity contribution in [2.45, 2.75) is 25.8 Å². The molecule has 6 heteroatoms. The van der Waals surface area contributed by atoms with Gasteiger partial charge in [-0.2, -0.15) is 0 Å².